The lowest BCUT2D eigenvalue weighted by Crippen LogP contribution is -2.64. The molecule has 0 spiro atoms. The maximum absolute atomic E-state index is 6.16. The first-order chi connectivity index (χ1) is 8.47. The van der Waals surface area contributed by atoms with Gasteiger partial charge in [0.05, 0.1) is 6.61 Å². The molecule has 4 nitrogen and oxygen atoms in total. The first kappa shape index (κ1) is 15.9. The molecular weight excluding hydrogens is 226 g/mol. The van der Waals surface area contributed by atoms with Crippen LogP contribution in [0.4, 0.5) is 0 Å². The molecule has 4 heteroatoms. The zero-order valence-electron chi connectivity index (χ0n) is 12.8. The van der Waals surface area contributed by atoms with Crippen molar-refractivity contribution in [3.05, 3.63) is 0 Å². The standard InChI is InChI=1S/C14H31N3O/c1-6-17(13(3)9-16(4)5)14(11-15)7-8-18-10-12(14)2/h12-13H,6-11,15H2,1-5H3. The van der Waals surface area contributed by atoms with Crippen LogP contribution in [0.1, 0.15) is 27.2 Å². The Kier molecular flexibility index (Phi) is 6.05. The van der Waals surface area contributed by atoms with E-state index in [0.29, 0.717) is 12.0 Å². The summed E-state index contributed by atoms with van der Waals surface area (Å²) in [6, 6.07) is 0.522. The van der Waals surface area contributed by atoms with E-state index in [2.05, 4.69) is 44.7 Å². The molecule has 0 aromatic rings. The average molecular weight is 257 g/mol. The normalized spacial score (nSPS) is 31.0. The maximum Gasteiger partial charge on any atom is 0.0509 e. The summed E-state index contributed by atoms with van der Waals surface area (Å²) in [5.74, 6) is 0.501. The summed E-state index contributed by atoms with van der Waals surface area (Å²) in [7, 11) is 4.26. The van der Waals surface area contributed by atoms with Crippen molar-refractivity contribution in [2.75, 3.05) is 46.9 Å². The van der Waals surface area contributed by atoms with Gasteiger partial charge in [-0.2, -0.15) is 0 Å². The Labute approximate surface area is 112 Å². The minimum atomic E-state index is 0.114. The van der Waals surface area contributed by atoms with Gasteiger partial charge in [-0.1, -0.05) is 13.8 Å². The fourth-order valence-corrected chi connectivity index (χ4v) is 3.45. The Morgan fingerprint density at radius 1 is 1.44 bits per heavy atom. The molecule has 18 heavy (non-hydrogen) atoms. The Bertz CT molecular complexity index is 247. The van der Waals surface area contributed by atoms with Crippen LogP contribution in [0, 0.1) is 5.92 Å². The van der Waals surface area contributed by atoms with Gasteiger partial charge in [0, 0.05) is 31.3 Å². The molecule has 0 amide bonds. The van der Waals surface area contributed by atoms with Crippen molar-refractivity contribution in [3.8, 4) is 0 Å². The van der Waals surface area contributed by atoms with Crippen LogP contribution in [0.5, 0.6) is 0 Å². The van der Waals surface area contributed by atoms with Crippen LogP contribution in [0.15, 0.2) is 0 Å². The van der Waals surface area contributed by atoms with E-state index in [4.69, 9.17) is 10.5 Å². The first-order valence-electron chi connectivity index (χ1n) is 7.17. The van der Waals surface area contributed by atoms with Crippen molar-refractivity contribution in [1.82, 2.24) is 9.80 Å². The third-order valence-corrected chi connectivity index (χ3v) is 4.39. The maximum atomic E-state index is 6.16. The minimum Gasteiger partial charge on any atom is -0.381 e. The molecule has 0 radical (unpaired) electrons. The van der Waals surface area contributed by atoms with Gasteiger partial charge in [-0.25, -0.2) is 0 Å². The van der Waals surface area contributed by atoms with Crippen LogP contribution in [0.3, 0.4) is 0 Å². The number of nitrogens with two attached hydrogens (primary N) is 1. The van der Waals surface area contributed by atoms with Gasteiger partial charge < -0.3 is 15.4 Å². The summed E-state index contributed by atoms with van der Waals surface area (Å²) in [6.45, 7) is 11.4. The van der Waals surface area contributed by atoms with E-state index < -0.39 is 0 Å². The average Bonchev–Trinajstić information content (AvgIpc) is 2.31. The molecule has 3 unspecified atom stereocenters. The molecule has 0 aromatic carbocycles. The lowest BCUT2D eigenvalue weighted by molar-refractivity contribution is -0.0803. The molecule has 0 saturated carbocycles. The van der Waals surface area contributed by atoms with Crippen molar-refractivity contribution in [1.29, 1.82) is 0 Å². The quantitative estimate of drug-likeness (QED) is 0.771. The van der Waals surface area contributed by atoms with E-state index >= 15 is 0 Å². The van der Waals surface area contributed by atoms with Gasteiger partial charge in [0.15, 0.2) is 0 Å². The summed E-state index contributed by atoms with van der Waals surface area (Å²) in [4.78, 5) is 4.85. The molecule has 0 aromatic heterocycles. The third kappa shape index (κ3) is 3.23. The van der Waals surface area contributed by atoms with E-state index in [1.807, 2.05) is 0 Å². The number of nitrogens with zero attached hydrogens (tertiary/aromatic N) is 2. The molecule has 1 heterocycles. The number of hydrogen-bond acceptors (Lipinski definition) is 4. The van der Waals surface area contributed by atoms with Crippen LogP contribution >= 0.6 is 0 Å². The van der Waals surface area contributed by atoms with Crippen molar-refractivity contribution >= 4 is 0 Å². The second kappa shape index (κ2) is 6.85. The van der Waals surface area contributed by atoms with E-state index in [1.165, 1.54) is 0 Å². The Morgan fingerprint density at radius 3 is 2.56 bits per heavy atom. The molecule has 0 bridgehead atoms. The molecule has 1 aliphatic heterocycles. The first-order valence-corrected chi connectivity index (χ1v) is 7.17. The SMILES string of the molecule is CCN(C(C)CN(C)C)C1(CN)CCOCC1C. The van der Waals surface area contributed by atoms with Crippen LogP contribution in [0.25, 0.3) is 0 Å². The largest absolute Gasteiger partial charge is 0.381 e. The molecule has 108 valence electrons. The molecule has 2 N–H and O–H groups in total. The van der Waals surface area contributed by atoms with E-state index in [0.717, 1.165) is 39.3 Å². The Morgan fingerprint density at radius 2 is 2.11 bits per heavy atom. The van der Waals surface area contributed by atoms with E-state index in [1.54, 1.807) is 0 Å². The highest BCUT2D eigenvalue weighted by molar-refractivity contribution is 4.99. The van der Waals surface area contributed by atoms with Crippen molar-refractivity contribution in [2.45, 2.75) is 38.8 Å². The van der Waals surface area contributed by atoms with Gasteiger partial charge in [0.2, 0.25) is 0 Å². The molecule has 1 aliphatic rings. The number of ether oxygens (including phenoxy) is 1. The van der Waals surface area contributed by atoms with Crippen molar-refractivity contribution in [2.24, 2.45) is 11.7 Å². The zero-order valence-corrected chi connectivity index (χ0v) is 12.8. The van der Waals surface area contributed by atoms with Gasteiger partial charge in [-0.3, -0.25) is 4.90 Å². The molecule has 1 saturated heterocycles. The summed E-state index contributed by atoms with van der Waals surface area (Å²) >= 11 is 0. The molecule has 3 atom stereocenters. The second-order valence-electron chi connectivity index (χ2n) is 5.93. The Hall–Kier alpha value is -0.160. The third-order valence-electron chi connectivity index (χ3n) is 4.39. The highest BCUT2D eigenvalue weighted by Crippen LogP contribution is 2.33. The summed E-state index contributed by atoms with van der Waals surface area (Å²) in [5, 5.41) is 0. The lowest BCUT2D eigenvalue weighted by atomic mass is 9.78. The van der Waals surface area contributed by atoms with E-state index in [9.17, 15) is 0 Å². The topological polar surface area (TPSA) is 41.7 Å². The highest BCUT2D eigenvalue weighted by Gasteiger charge is 2.43. The predicted molar refractivity (Wildman–Crippen MR) is 76.8 cm³/mol. The van der Waals surface area contributed by atoms with Gasteiger partial charge in [0.25, 0.3) is 0 Å². The van der Waals surface area contributed by atoms with Gasteiger partial charge >= 0.3 is 0 Å². The number of likely N-dealkylation sites (N-methyl/N-ethyl adjacent to an activating group) is 2. The van der Waals surface area contributed by atoms with Crippen LogP contribution in [-0.4, -0.2) is 68.3 Å². The lowest BCUT2D eigenvalue weighted by Gasteiger charge is -2.52. The molecule has 0 aliphatic carbocycles. The fraction of sp³-hybridized carbons (Fsp3) is 1.00. The smallest absolute Gasteiger partial charge is 0.0509 e. The molecule has 1 fully saturated rings. The fourth-order valence-electron chi connectivity index (χ4n) is 3.45. The van der Waals surface area contributed by atoms with Gasteiger partial charge in [-0.05, 0) is 39.9 Å². The van der Waals surface area contributed by atoms with Gasteiger partial charge in [0.1, 0.15) is 0 Å². The van der Waals surface area contributed by atoms with Crippen molar-refractivity contribution in [3.63, 3.8) is 0 Å². The van der Waals surface area contributed by atoms with E-state index in [-0.39, 0.29) is 5.54 Å². The van der Waals surface area contributed by atoms with Gasteiger partial charge in [-0.15, -0.1) is 0 Å². The number of rotatable bonds is 6. The zero-order chi connectivity index (χ0) is 13.8. The highest BCUT2D eigenvalue weighted by atomic mass is 16.5. The number of hydrogen-bond donors (Lipinski definition) is 1. The minimum absolute atomic E-state index is 0.114. The second-order valence-corrected chi connectivity index (χ2v) is 5.93. The van der Waals surface area contributed by atoms with Crippen LogP contribution in [0.2, 0.25) is 0 Å². The predicted octanol–water partition coefficient (Wildman–Crippen LogP) is 1.01. The summed E-state index contributed by atoms with van der Waals surface area (Å²) in [6.07, 6.45) is 1.05. The van der Waals surface area contributed by atoms with Crippen LogP contribution in [-0.2, 0) is 4.74 Å². The summed E-state index contributed by atoms with van der Waals surface area (Å²) < 4.78 is 5.60. The monoisotopic (exact) mass is 257 g/mol. The van der Waals surface area contributed by atoms with Crippen molar-refractivity contribution < 1.29 is 4.74 Å². The van der Waals surface area contributed by atoms with Crippen LogP contribution < -0.4 is 5.73 Å². The summed E-state index contributed by atoms with van der Waals surface area (Å²) in [5.41, 5.74) is 6.28. The molecule has 1 rings (SSSR count). The molecular formula is C14H31N3O. The Balaban J connectivity index is 2.87.